The summed E-state index contributed by atoms with van der Waals surface area (Å²) in [5.41, 5.74) is 0. The van der Waals surface area contributed by atoms with Gasteiger partial charge in [0.15, 0.2) is 0 Å². The highest BCUT2D eigenvalue weighted by atomic mass is 16.5. The fourth-order valence-electron chi connectivity index (χ4n) is 2.55. The highest BCUT2D eigenvalue weighted by molar-refractivity contribution is 5.84. The van der Waals surface area contributed by atoms with Crippen LogP contribution in [0, 0.1) is 5.92 Å². The van der Waals surface area contributed by atoms with Gasteiger partial charge in [0.05, 0.1) is 19.3 Å². The van der Waals surface area contributed by atoms with Crippen LogP contribution in [0.15, 0.2) is 0 Å². The lowest BCUT2D eigenvalue weighted by molar-refractivity contribution is -0.122. The molecule has 4 nitrogen and oxygen atoms in total. The molecule has 0 aromatic rings. The highest BCUT2D eigenvalue weighted by Crippen LogP contribution is 2.12. The number of Topliss-reactive ketones (excluding diaryl/α,β-unsaturated/α-hetero) is 1. The normalized spacial score (nSPS) is 20.2. The van der Waals surface area contributed by atoms with Crippen molar-refractivity contribution in [2.45, 2.75) is 46.1 Å². The molecule has 1 heterocycles. The van der Waals surface area contributed by atoms with Gasteiger partial charge in [0.1, 0.15) is 5.78 Å². The zero-order chi connectivity index (χ0) is 14.1. The predicted molar refractivity (Wildman–Crippen MR) is 78.4 cm³/mol. The minimum atomic E-state index is 0.0414. The first-order chi connectivity index (χ1) is 9.19. The number of nitrogens with one attached hydrogen (secondary N) is 1. The molecule has 0 aromatic heterocycles. The zero-order valence-corrected chi connectivity index (χ0v) is 12.8. The van der Waals surface area contributed by atoms with E-state index in [1.165, 1.54) is 0 Å². The molecule has 1 fully saturated rings. The summed E-state index contributed by atoms with van der Waals surface area (Å²) >= 11 is 0. The number of hydrogen-bond acceptors (Lipinski definition) is 4. The van der Waals surface area contributed by atoms with Crippen LogP contribution < -0.4 is 5.32 Å². The standard InChI is InChI=1S/C15H30N2O2/c1-4-13(3)15(16-5-2)14(18)7-6-8-17-9-11-19-12-10-17/h13,15-16H,4-12H2,1-3H3/t13-,15-/m0/s1. The van der Waals surface area contributed by atoms with Gasteiger partial charge in [0.25, 0.3) is 0 Å². The van der Waals surface area contributed by atoms with Crippen LogP contribution in [0.5, 0.6) is 0 Å². The molecule has 19 heavy (non-hydrogen) atoms. The Kier molecular flexibility index (Phi) is 8.26. The van der Waals surface area contributed by atoms with Crippen molar-refractivity contribution >= 4 is 5.78 Å². The first-order valence-corrected chi connectivity index (χ1v) is 7.75. The molecule has 0 spiro atoms. The van der Waals surface area contributed by atoms with Crippen molar-refractivity contribution in [3.63, 3.8) is 0 Å². The fourth-order valence-corrected chi connectivity index (χ4v) is 2.55. The molecular formula is C15H30N2O2. The predicted octanol–water partition coefficient (Wildman–Crippen LogP) is 1.69. The molecule has 112 valence electrons. The summed E-state index contributed by atoms with van der Waals surface area (Å²) in [6.07, 6.45) is 2.71. The van der Waals surface area contributed by atoms with Crippen molar-refractivity contribution in [2.75, 3.05) is 39.4 Å². The summed E-state index contributed by atoms with van der Waals surface area (Å²) in [7, 11) is 0. The molecule has 2 atom stereocenters. The van der Waals surface area contributed by atoms with E-state index in [4.69, 9.17) is 4.74 Å². The van der Waals surface area contributed by atoms with Crippen molar-refractivity contribution in [3.05, 3.63) is 0 Å². The summed E-state index contributed by atoms with van der Waals surface area (Å²) in [6, 6.07) is 0.0414. The molecule has 1 aliphatic rings. The molecular weight excluding hydrogens is 240 g/mol. The van der Waals surface area contributed by atoms with Crippen LogP contribution >= 0.6 is 0 Å². The number of carbonyl (C=O) groups excluding carboxylic acids is 1. The quantitative estimate of drug-likeness (QED) is 0.692. The maximum absolute atomic E-state index is 12.3. The van der Waals surface area contributed by atoms with Gasteiger partial charge in [0.2, 0.25) is 0 Å². The minimum absolute atomic E-state index is 0.0414. The van der Waals surface area contributed by atoms with Gasteiger partial charge in [-0.2, -0.15) is 0 Å². The maximum atomic E-state index is 12.3. The second-order valence-electron chi connectivity index (χ2n) is 5.44. The number of rotatable bonds is 9. The lowest BCUT2D eigenvalue weighted by Crippen LogP contribution is -2.42. The number of ether oxygens (including phenoxy) is 1. The number of ketones is 1. The average Bonchev–Trinajstić information content (AvgIpc) is 2.45. The van der Waals surface area contributed by atoms with Crippen LogP contribution in [0.4, 0.5) is 0 Å². The molecule has 0 saturated carbocycles. The van der Waals surface area contributed by atoms with Gasteiger partial charge in [-0.05, 0) is 25.4 Å². The van der Waals surface area contributed by atoms with E-state index in [-0.39, 0.29) is 6.04 Å². The lowest BCUT2D eigenvalue weighted by Gasteiger charge is -2.27. The number of hydrogen-bond donors (Lipinski definition) is 1. The number of likely N-dealkylation sites (N-methyl/N-ethyl adjacent to an activating group) is 1. The second-order valence-corrected chi connectivity index (χ2v) is 5.44. The van der Waals surface area contributed by atoms with Gasteiger partial charge >= 0.3 is 0 Å². The van der Waals surface area contributed by atoms with E-state index in [0.29, 0.717) is 18.1 Å². The van der Waals surface area contributed by atoms with Crippen molar-refractivity contribution in [1.29, 1.82) is 0 Å². The first-order valence-electron chi connectivity index (χ1n) is 7.75. The van der Waals surface area contributed by atoms with E-state index in [9.17, 15) is 4.79 Å². The second kappa shape index (κ2) is 9.45. The summed E-state index contributed by atoms with van der Waals surface area (Å²) in [5, 5.41) is 3.34. The number of morpholine rings is 1. The summed E-state index contributed by atoms with van der Waals surface area (Å²) in [4.78, 5) is 14.7. The molecule has 0 bridgehead atoms. The Morgan fingerprint density at radius 2 is 2.00 bits per heavy atom. The Balaban J connectivity index is 2.26. The third kappa shape index (κ3) is 6.02. The van der Waals surface area contributed by atoms with E-state index >= 15 is 0 Å². The molecule has 4 heteroatoms. The van der Waals surface area contributed by atoms with Crippen LogP contribution in [0.1, 0.15) is 40.0 Å². The van der Waals surface area contributed by atoms with Crippen molar-refractivity contribution in [1.82, 2.24) is 10.2 Å². The fraction of sp³-hybridized carbons (Fsp3) is 0.933. The van der Waals surface area contributed by atoms with Crippen molar-refractivity contribution < 1.29 is 9.53 Å². The summed E-state index contributed by atoms with van der Waals surface area (Å²) < 4.78 is 5.32. The average molecular weight is 270 g/mol. The molecule has 0 radical (unpaired) electrons. The Morgan fingerprint density at radius 3 is 2.58 bits per heavy atom. The van der Waals surface area contributed by atoms with Gasteiger partial charge in [-0.15, -0.1) is 0 Å². The molecule has 0 amide bonds. The molecule has 1 rings (SSSR count). The van der Waals surface area contributed by atoms with Crippen LogP contribution in [-0.2, 0) is 9.53 Å². The SMILES string of the molecule is CCN[C@H](C(=O)CCCN1CCOCC1)[C@@H](C)CC. The monoisotopic (exact) mass is 270 g/mol. The lowest BCUT2D eigenvalue weighted by atomic mass is 9.93. The van der Waals surface area contributed by atoms with Crippen LogP contribution in [0.2, 0.25) is 0 Å². The van der Waals surface area contributed by atoms with Crippen molar-refractivity contribution in [2.24, 2.45) is 5.92 Å². The molecule has 0 aromatic carbocycles. The summed E-state index contributed by atoms with van der Waals surface area (Å²) in [6.45, 7) is 12.0. The largest absolute Gasteiger partial charge is 0.379 e. The maximum Gasteiger partial charge on any atom is 0.150 e. The third-order valence-corrected chi connectivity index (χ3v) is 3.99. The molecule has 1 N–H and O–H groups in total. The van der Waals surface area contributed by atoms with Crippen molar-refractivity contribution in [3.8, 4) is 0 Å². The highest BCUT2D eigenvalue weighted by Gasteiger charge is 2.22. The smallest absolute Gasteiger partial charge is 0.150 e. The molecule has 1 aliphatic heterocycles. The van der Waals surface area contributed by atoms with E-state index < -0.39 is 0 Å². The van der Waals surface area contributed by atoms with Gasteiger partial charge < -0.3 is 10.1 Å². The third-order valence-electron chi connectivity index (χ3n) is 3.99. The van der Waals surface area contributed by atoms with Crippen LogP contribution in [0.25, 0.3) is 0 Å². The van der Waals surface area contributed by atoms with Gasteiger partial charge in [0, 0.05) is 19.5 Å². The van der Waals surface area contributed by atoms with Crippen LogP contribution in [-0.4, -0.2) is 56.1 Å². The first kappa shape index (κ1) is 16.6. The molecule has 1 saturated heterocycles. The van der Waals surface area contributed by atoms with Gasteiger partial charge in [-0.1, -0.05) is 27.2 Å². The molecule has 0 unspecified atom stereocenters. The van der Waals surface area contributed by atoms with E-state index in [1.807, 2.05) is 0 Å². The number of carbonyl (C=O) groups is 1. The van der Waals surface area contributed by atoms with E-state index in [0.717, 1.165) is 52.2 Å². The topological polar surface area (TPSA) is 41.6 Å². The Labute approximate surface area is 117 Å². The van der Waals surface area contributed by atoms with Gasteiger partial charge in [-0.25, -0.2) is 0 Å². The Bertz CT molecular complexity index is 253. The summed E-state index contributed by atoms with van der Waals surface area (Å²) in [5.74, 6) is 0.806. The Morgan fingerprint density at radius 1 is 1.32 bits per heavy atom. The number of nitrogens with zero attached hydrogens (tertiary/aromatic N) is 1. The van der Waals surface area contributed by atoms with E-state index in [2.05, 4.69) is 31.0 Å². The van der Waals surface area contributed by atoms with E-state index in [1.54, 1.807) is 0 Å². The van der Waals surface area contributed by atoms with Crippen LogP contribution in [0.3, 0.4) is 0 Å². The minimum Gasteiger partial charge on any atom is -0.379 e. The van der Waals surface area contributed by atoms with Gasteiger partial charge in [-0.3, -0.25) is 9.69 Å². The Hall–Kier alpha value is -0.450. The molecule has 0 aliphatic carbocycles. The zero-order valence-electron chi connectivity index (χ0n) is 12.8.